The molecule has 1 heterocycles. The van der Waals surface area contributed by atoms with E-state index in [-0.39, 0.29) is 19.8 Å². The Labute approximate surface area is 112 Å². The Morgan fingerprint density at radius 2 is 2.00 bits per heavy atom. The summed E-state index contributed by atoms with van der Waals surface area (Å²) in [4.78, 5) is 24.5. The molecule has 1 N–H and O–H groups in total. The Balaban J connectivity index is 2.95. The zero-order valence-corrected chi connectivity index (χ0v) is 12.0. The summed E-state index contributed by atoms with van der Waals surface area (Å²) in [6.45, 7) is 3.40. The molecule has 1 rings (SSSR count). The predicted molar refractivity (Wildman–Crippen MR) is 67.4 cm³/mol. The molecule has 19 heavy (non-hydrogen) atoms. The minimum absolute atomic E-state index is 0.0387. The maximum atomic E-state index is 12.2. The minimum Gasteiger partial charge on any atom is -0.481 e. The molecule has 0 aromatic carbocycles. The van der Waals surface area contributed by atoms with Crippen LogP contribution in [-0.4, -0.2) is 67.6 Å². The summed E-state index contributed by atoms with van der Waals surface area (Å²) < 4.78 is 28.0. The maximum Gasteiger partial charge on any atom is 0.311 e. The summed E-state index contributed by atoms with van der Waals surface area (Å²) in [6, 6.07) is -0.612. The molecule has 0 bridgehead atoms. The first kappa shape index (κ1) is 15.9. The van der Waals surface area contributed by atoms with Crippen LogP contribution in [0.5, 0.6) is 0 Å². The average Bonchev–Trinajstić information content (AvgIpc) is 2.76. The van der Waals surface area contributed by atoms with Crippen LogP contribution in [0.1, 0.15) is 13.8 Å². The highest BCUT2D eigenvalue weighted by Crippen LogP contribution is 2.21. The molecule has 1 aliphatic heterocycles. The fourth-order valence-corrected chi connectivity index (χ4v) is 2.56. The molecule has 8 heteroatoms. The molecule has 1 saturated heterocycles. The van der Waals surface area contributed by atoms with Crippen molar-refractivity contribution < 1.29 is 27.9 Å². The first-order valence-electron chi connectivity index (χ1n) is 6.00. The van der Waals surface area contributed by atoms with Gasteiger partial charge in [-0.3, -0.25) is 9.59 Å². The van der Waals surface area contributed by atoms with Gasteiger partial charge in [-0.25, -0.2) is 8.42 Å². The summed E-state index contributed by atoms with van der Waals surface area (Å²) >= 11 is 0. The number of likely N-dealkylation sites (N-methyl/N-ethyl adjacent to an activating group) is 1. The molecule has 1 aliphatic rings. The van der Waals surface area contributed by atoms with E-state index in [1.165, 1.54) is 11.8 Å². The highest BCUT2D eigenvalue weighted by atomic mass is 32.2. The van der Waals surface area contributed by atoms with Gasteiger partial charge in [0.05, 0.1) is 19.3 Å². The number of aliphatic carboxylic acids is 1. The van der Waals surface area contributed by atoms with Crippen molar-refractivity contribution in [2.24, 2.45) is 5.92 Å². The summed E-state index contributed by atoms with van der Waals surface area (Å²) in [5, 5.41) is 7.89. The number of sulfone groups is 1. The molecule has 1 amide bonds. The van der Waals surface area contributed by atoms with Gasteiger partial charge >= 0.3 is 5.97 Å². The van der Waals surface area contributed by atoms with E-state index in [2.05, 4.69) is 0 Å². The van der Waals surface area contributed by atoms with Crippen molar-refractivity contribution in [1.29, 1.82) is 0 Å². The van der Waals surface area contributed by atoms with E-state index in [0.29, 0.717) is 0 Å². The Morgan fingerprint density at radius 3 is 2.42 bits per heavy atom. The lowest BCUT2D eigenvalue weighted by atomic mass is 10.0. The van der Waals surface area contributed by atoms with Gasteiger partial charge in [-0.2, -0.15) is 0 Å². The molecule has 3 atom stereocenters. The van der Waals surface area contributed by atoms with Crippen LogP contribution < -0.4 is 0 Å². The van der Waals surface area contributed by atoms with Gasteiger partial charge in [0.1, 0.15) is 11.2 Å². The van der Waals surface area contributed by atoms with Gasteiger partial charge in [0.2, 0.25) is 5.91 Å². The van der Waals surface area contributed by atoms with E-state index in [4.69, 9.17) is 9.84 Å². The van der Waals surface area contributed by atoms with Crippen molar-refractivity contribution in [3.63, 3.8) is 0 Å². The molecule has 0 aromatic heterocycles. The standard InChI is InChI=1S/C11H19NO6S/c1-4-12(10(13)7(2)19(3,16)17)9-6-18-5-8(9)11(14)15/h7-9H,4-6H2,1-3H3,(H,14,15). The summed E-state index contributed by atoms with van der Waals surface area (Å²) in [5.74, 6) is -2.43. The zero-order chi connectivity index (χ0) is 14.8. The Kier molecular flexibility index (Phi) is 4.92. The van der Waals surface area contributed by atoms with Crippen molar-refractivity contribution in [3.05, 3.63) is 0 Å². The molecule has 1 fully saturated rings. The molecular weight excluding hydrogens is 274 g/mol. The molecule has 0 radical (unpaired) electrons. The highest BCUT2D eigenvalue weighted by Gasteiger charge is 2.41. The van der Waals surface area contributed by atoms with Crippen LogP contribution in [0.25, 0.3) is 0 Å². The van der Waals surface area contributed by atoms with Crippen molar-refractivity contribution in [3.8, 4) is 0 Å². The lowest BCUT2D eigenvalue weighted by Crippen LogP contribution is -2.50. The molecular formula is C11H19NO6S. The molecule has 0 aliphatic carbocycles. The van der Waals surface area contributed by atoms with Crippen LogP contribution in [0, 0.1) is 5.92 Å². The van der Waals surface area contributed by atoms with Crippen molar-refractivity contribution in [2.45, 2.75) is 25.1 Å². The first-order valence-corrected chi connectivity index (χ1v) is 7.95. The van der Waals surface area contributed by atoms with Crippen LogP contribution in [0.3, 0.4) is 0 Å². The fraction of sp³-hybridized carbons (Fsp3) is 0.818. The van der Waals surface area contributed by atoms with Gasteiger partial charge in [-0.05, 0) is 13.8 Å². The van der Waals surface area contributed by atoms with Crippen LogP contribution >= 0.6 is 0 Å². The normalized spacial score (nSPS) is 25.0. The minimum atomic E-state index is -3.50. The predicted octanol–water partition coefficient (Wildman–Crippen LogP) is -0.632. The second-order valence-corrected chi connectivity index (χ2v) is 7.01. The number of carboxylic acids is 1. The van der Waals surface area contributed by atoms with Crippen LogP contribution in [0.2, 0.25) is 0 Å². The van der Waals surface area contributed by atoms with E-state index in [0.717, 1.165) is 6.26 Å². The SMILES string of the molecule is CCN(C(=O)C(C)S(C)(=O)=O)C1COCC1C(=O)O. The van der Waals surface area contributed by atoms with E-state index in [1.807, 2.05) is 0 Å². The monoisotopic (exact) mass is 293 g/mol. The van der Waals surface area contributed by atoms with Gasteiger partial charge in [-0.1, -0.05) is 0 Å². The Hall–Kier alpha value is -1.15. The summed E-state index contributed by atoms with van der Waals surface area (Å²) in [7, 11) is -3.50. The lowest BCUT2D eigenvalue weighted by molar-refractivity contribution is -0.144. The molecule has 0 spiro atoms. The zero-order valence-electron chi connectivity index (χ0n) is 11.2. The quantitative estimate of drug-likeness (QED) is 0.724. The maximum absolute atomic E-state index is 12.2. The third kappa shape index (κ3) is 3.44. The third-order valence-corrected chi connectivity index (χ3v) is 4.87. The number of nitrogens with zero attached hydrogens (tertiary/aromatic N) is 1. The number of carboxylic acid groups (broad SMARTS) is 1. The summed E-state index contributed by atoms with van der Waals surface area (Å²) in [6.07, 6.45) is 0.989. The Morgan fingerprint density at radius 1 is 1.42 bits per heavy atom. The average molecular weight is 293 g/mol. The largest absolute Gasteiger partial charge is 0.481 e. The molecule has 110 valence electrons. The van der Waals surface area contributed by atoms with E-state index >= 15 is 0 Å². The number of amides is 1. The van der Waals surface area contributed by atoms with Gasteiger partial charge < -0.3 is 14.7 Å². The summed E-state index contributed by atoms with van der Waals surface area (Å²) in [5.41, 5.74) is 0. The molecule has 0 saturated carbocycles. The number of hydrogen-bond acceptors (Lipinski definition) is 5. The number of ether oxygens (including phenoxy) is 1. The first-order chi connectivity index (χ1) is 8.70. The van der Waals surface area contributed by atoms with Gasteiger partial charge in [0.15, 0.2) is 9.84 Å². The van der Waals surface area contributed by atoms with E-state index in [9.17, 15) is 18.0 Å². The third-order valence-electron chi connectivity index (χ3n) is 3.38. The van der Waals surface area contributed by atoms with Gasteiger partial charge in [0.25, 0.3) is 0 Å². The van der Waals surface area contributed by atoms with Crippen LogP contribution in [-0.2, 0) is 24.2 Å². The number of carbonyl (C=O) groups is 2. The van der Waals surface area contributed by atoms with E-state index in [1.54, 1.807) is 6.92 Å². The smallest absolute Gasteiger partial charge is 0.311 e. The molecule has 0 aromatic rings. The van der Waals surface area contributed by atoms with Gasteiger partial charge in [-0.15, -0.1) is 0 Å². The van der Waals surface area contributed by atoms with Crippen molar-refractivity contribution in [1.82, 2.24) is 4.90 Å². The fourth-order valence-electron chi connectivity index (χ4n) is 2.06. The second-order valence-electron chi connectivity index (χ2n) is 4.65. The molecule has 3 unspecified atom stereocenters. The van der Waals surface area contributed by atoms with Crippen molar-refractivity contribution in [2.75, 3.05) is 26.0 Å². The second kappa shape index (κ2) is 5.87. The topological polar surface area (TPSA) is 101 Å². The lowest BCUT2D eigenvalue weighted by Gasteiger charge is -2.31. The molecule has 7 nitrogen and oxygen atoms in total. The Bertz CT molecular complexity index is 460. The highest BCUT2D eigenvalue weighted by molar-refractivity contribution is 7.92. The van der Waals surface area contributed by atoms with Crippen LogP contribution in [0.4, 0.5) is 0 Å². The van der Waals surface area contributed by atoms with Gasteiger partial charge in [0, 0.05) is 12.8 Å². The number of hydrogen-bond donors (Lipinski definition) is 1. The van der Waals surface area contributed by atoms with Crippen molar-refractivity contribution >= 4 is 21.7 Å². The van der Waals surface area contributed by atoms with E-state index < -0.39 is 38.9 Å². The number of rotatable bonds is 5. The van der Waals surface area contributed by atoms with Crippen LogP contribution in [0.15, 0.2) is 0 Å². The number of carbonyl (C=O) groups excluding carboxylic acids is 1.